The van der Waals surface area contributed by atoms with Crippen LogP contribution in [0.3, 0.4) is 0 Å². The first kappa shape index (κ1) is 15.3. The summed E-state index contributed by atoms with van der Waals surface area (Å²) in [6.45, 7) is 7.63. The highest BCUT2D eigenvalue weighted by molar-refractivity contribution is 5.09. The largest absolute Gasteiger partial charge is 0.465 e. The van der Waals surface area contributed by atoms with Gasteiger partial charge in [0.25, 0.3) is 0 Å². The van der Waals surface area contributed by atoms with Crippen LogP contribution in [-0.4, -0.2) is 22.9 Å². The van der Waals surface area contributed by atoms with Crippen LogP contribution in [0.5, 0.6) is 0 Å². The Morgan fingerprint density at radius 2 is 2.14 bits per heavy atom. The number of ether oxygens (including phenoxy) is 1. The smallest absolute Gasteiger partial charge is 0.117 e. The summed E-state index contributed by atoms with van der Waals surface area (Å²) in [6, 6.07) is 6.19. The van der Waals surface area contributed by atoms with Crippen LogP contribution in [0.4, 0.5) is 0 Å². The fraction of sp³-hybridized carbons (Fsp3) is 0.588. The molecule has 1 aliphatic rings. The molecular formula is C17H25N3O2. The Morgan fingerprint density at radius 3 is 2.91 bits per heavy atom. The molecule has 0 amide bonds. The van der Waals surface area contributed by atoms with Gasteiger partial charge in [-0.05, 0) is 31.5 Å². The third-order valence-corrected chi connectivity index (χ3v) is 4.33. The molecular weight excluding hydrogens is 278 g/mol. The predicted octanol–water partition coefficient (Wildman–Crippen LogP) is 2.93. The van der Waals surface area contributed by atoms with Gasteiger partial charge < -0.3 is 14.5 Å². The molecule has 0 spiro atoms. The lowest BCUT2D eigenvalue weighted by Gasteiger charge is -2.19. The van der Waals surface area contributed by atoms with E-state index in [0.717, 1.165) is 50.6 Å². The van der Waals surface area contributed by atoms with Crippen molar-refractivity contribution in [2.45, 2.75) is 45.9 Å². The van der Waals surface area contributed by atoms with Gasteiger partial charge in [0.05, 0.1) is 12.2 Å². The van der Waals surface area contributed by atoms with E-state index in [2.05, 4.69) is 42.5 Å². The van der Waals surface area contributed by atoms with Gasteiger partial charge in [0, 0.05) is 38.2 Å². The van der Waals surface area contributed by atoms with E-state index in [1.54, 1.807) is 0 Å². The molecule has 0 unspecified atom stereocenters. The summed E-state index contributed by atoms with van der Waals surface area (Å²) in [7, 11) is 0. The summed E-state index contributed by atoms with van der Waals surface area (Å²) in [4.78, 5) is 0. The molecule has 2 aromatic rings. The van der Waals surface area contributed by atoms with Crippen molar-refractivity contribution in [2.75, 3.05) is 13.2 Å². The summed E-state index contributed by atoms with van der Waals surface area (Å²) in [5, 5.41) is 7.86. The lowest BCUT2D eigenvalue weighted by Crippen LogP contribution is -2.25. The standard InChI is InChI=1S/C17H25N3O2/c1-3-14-5-6-15(22-14)12-18-11-13-8-10-21-17(13)16-7-9-19-20(16)4-2/h5-7,9,13,17-18H,3-4,8,10-12H2,1-2H3/t13-,17+/m0/s1. The number of hydrogen-bond acceptors (Lipinski definition) is 4. The summed E-state index contributed by atoms with van der Waals surface area (Å²) in [5.41, 5.74) is 1.19. The average molecular weight is 303 g/mol. The van der Waals surface area contributed by atoms with Crippen LogP contribution in [-0.2, 0) is 24.2 Å². The van der Waals surface area contributed by atoms with E-state index in [4.69, 9.17) is 9.15 Å². The Balaban J connectivity index is 1.55. The molecule has 22 heavy (non-hydrogen) atoms. The van der Waals surface area contributed by atoms with Crippen LogP contribution in [0, 0.1) is 5.92 Å². The van der Waals surface area contributed by atoms with Crippen LogP contribution in [0.1, 0.15) is 43.6 Å². The number of rotatable bonds is 7. The predicted molar refractivity (Wildman–Crippen MR) is 84.5 cm³/mol. The Morgan fingerprint density at radius 1 is 1.27 bits per heavy atom. The van der Waals surface area contributed by atoms with Crippen LogP contribution in [0.2, 0.25) is 0 Å². The minimum absolute atomic E-state index is 0.151. The van der Waals surface area contributed by atoms with Gasteiger partial charge in [-0.3, -0.25) is 4.68 Å². The summed E-state index contributed by atoms with van der Waals surface area (Å²) in [5.74, 6) is 2.54. The molecule has 3 rings (SSSR count). The summed E-state index contributed by atoms with van der Waals surface area (Å²) in [6.07, 6.45) is 4.04. The molecule has 0 radical (unpaired) electrons. The van der Waals surface area contributed by atoms with Gasteiger partial charge in [-0.1, -0.05) is 6.92 Å². The van der Waals surface area contributed by atoms with Crippen molar-refractivity contribution < 1.29 is 9.15 Å². The number of nitrogens with one attached hydrogen (secondary N) is 1. The van der Waals surface area contributed by atoms with Gasteiger partial charge in [-0.2, -0.15) is 5.10 Å². The fourth-order valence-corrected chi connectivity index (χ4v) is 3.11. The SMILES string of the molecule is CCc1ccc(CNC[C@@H]2CCO[C@H]2c2ccnn2CC)o1. The van der Waals surface area contributed by atoms with Crippen molar-refractivity contribution in [2.24, 2.45) is 5.92 Å². The Hall–Kier alpha value is -1.59. The van der Waals surface area contributed by atoms with Gasteiger partial charge in [0.2, 0.25) is 0 Å². The molecule has 2 atom stereocenters. The number of furan rings is 1. The Labute approximate surface area is 131 Å². The normalized spacial score (nSPS) is 21.5. The molecule has 5 nitrogen and oxygen atoms in total. The van der Waals surface area contributed by atoms with E-state index in [1.807, 2.05) is 10.9 Å². The lowest BCUT2D eigenvalue weighted by molar-refractivity contribution is 0.0828. The Kier molecular flexibility index (Phi) is 4.95. The second-order valence-corrected chi connectivity index (χ2v) is 5.76. The Bertz CT molecular complexity index is 590. The number of aryl methyl sites for hydroxylation is 2. The molecule has 2 aromatic heterocycles. The molecule has 1 saturated heterocycles. The molecule has 0 aliphatic carbocycles. The monoisotopic (exact) mass is 303 g/mol. The minimum atomic E-state index is 0.151. The van der Waals surface area contributed by atoms with Crippen molar-refractivity contribution in [1.82, 2.24) is 15.1 Å². The maximum atomic E-state index is 5.95. The van der Waals surface area contributed by atoms with Gasteiger partial charge in [0.15, 0.2) is 0 Å². The summed E-state index contributed by atoms with van der Waals surface area (Å²) >= 11 is 0. The first-order valence-corrected chi connectivity index (χ1v) is 8.23. The van der Waals surface area contributed by atoms with Crippen molar-refractivity contribution in [3.05, 3.63) is 41.6 Å². The van der Waals surface area contributed by atoms with Crippen LogP contribution in [0.25, 0.3) is 0 Å². The van der Waals surface area contributed by atoms with E-state index in [1.165, 1.54) is 5.69 Å². The zero-order valence-electron chi connectivity index (χ0n) is 13.4. The zero-order valence-corrected chi connectivity index (χ0v) is 13.4. The van der Waals surface area contributed by atoms with Crippen molar-refractivity contribution in [1.29, 1.82) is 0 Å². The molecule has 1 fully saturated rings. The first-order chi connectivity index (χ1) is 10.8. The molecule has 0 bridgehead atoms. The van der Waals surface area contributed by atoms with E-state index >= 15 is 0 Å². The average Bonchev–Trinajstić information content (AvgIpc) is 3.27. The highest BCUT2D eigenvalue weighted by atomic mass is 16.5. The van der Waals surface area contributed by atoms with E-state index in [0.29, 0.717) is 5.92 Å². The highest BCUT2D eigenvalue weighted by Crippen LogP contribution is 2.34. The topological polar surface area (TPSA) is 52.2 Å². The molecule has 1 aliphatic heterocycles. The second kappa shape index (κ2) is 7.11. The van der Waals surface area contributed by atoms with E-state index < -0.39 is 0 Å². The van der Waals surface area contributed by atoms with Crippen molar-refractivity contribution >= 4 is 0 Å². The molecule has 5 heteroatoms. The lowest BCUT2D eigenvalue weighted by atomic mass is 9.99. The third-order valence-electron chi connectivity index (χ3n) is 4.33. The molecule has 3 heterocycles. The van der Waals surface area contributed by atoms with Crippen molar-refractivity contribution in [3.8, 4) is 0 Å². The van der Waals surface area contributed by atoms with Crippen LogP contribution >= 0.6 is 0 Å². The third kappa shape index (κ3) is 3.25. The maximum absolute atomic E-state index is 5.95. The maximum Gasteiger partial charge on any atom is 0.117 e. The summed E-state index contributed by atoms with van der Waals surface area (Å²) < 4.78 is 13.7. The van der Waals surface area contributed by atoms with Gasteiger partial charge >= 0.3 is 0 Å². The number of hydrogen-bond donors (Lipinski definition) is 1. The zero-order chi connectivity index (χ0) is 15.4. The minimum Gasteiger partial charge on any atom is -0.465 e. The molecule has 0 aromatic carbocycles. The molecule has 0 saturated carbocycles. The fourth-order valence-electron chi connectivity index (χ4n) is 3.11. The molecule has 1 N–H and O–H groups in total. The quantitative estimate of drug-likeness (QED) is 0.854. The van der Waals surface area contributed by atoms with Gasteiger partial charge in [-0.25, -0.2) is 0 Å². The molecule has 120 valence electrons. The van der Waals surface area contributed by atoms with Gasteiger partial charge in [0.1, 0.15) is 17.6 Å². The number of nitrogens with zero attached hydrogens (tertiary/aromatic N) is 2. The number of aromatic nitrogens is 2. The first-order valence-electron chi connectivity index (χ1n) is 8.23. The van der Waals surface area contributed by atoms with E-state index in [9.17, 15) is 0 Å². The highest BCUT2D eigenvalue weighted by Gasteiger charge is 2.31. The second-order valence-electron chi connectivity index (χ2n) is 5.76. The van der Waals surface area contributed by atoms with Gasteiger partial charge in [-0.15, -0.1) is 0 Å². The van der Waals surface area contributed by atoms with E-state index in [-0.39, 0.29) is 6.10 Å². The van der Waals surface area contributed by atoms with Crippen LogP contribution < -0.4 is 5.32 Å². The van der Waals surface area contributed by atoms with Crippen molar-refractivity contribution in [3.63, 3.8) is 0 Å². The van der Waals surface area contributed by atoms with Crippen LogP contribution in [0.15, 0.2) is 28.8 Å².